The van der Waals surface area contributed by atoms with Gasteiger partial charge in [0.1, 0.15) is 0 Å². The molecule has 0 unspecified atom stereocenters. The van der Waals surface area contributed by atoms with E-state index in [1.54, 1.807) is 41.4 Å². The van der Waals surface area contributed by atoms with Gasteiger partial charge in [0, 0.05) is 26.4 Å². The Balaban J connectivity index is 1.47. The lowest BCUT2D eigenvalue weighted by molar-refractivity contribution is 0.594. The van der Waals surface area contributed by atoms with Gasteiger partial charge in [-0.05, 0) is 30.8 Å². The third-order valence-electron chi connectivity index (χ3n) is 4.48. The molecule has 0 saturated carbocycles. The van der Waals surface area contributed by atoms with Crippen LogP contribution in [0.1, 0.15) is 6.42 Å². The molecule has 11 heteroatoms. The molecule has 0 saturated heterocycles. The highest BCUT2D eigenvalue weighted by Gasteiger charge is 2.14. The van der Waals surface area contributed by atoms with Crippen LogP contribution in [0.4, 0.5) is 0 Å². The van der Waals surface area contributed by atoms with Crippen molar-refractivity contribution in [2.75, 3.05) is 5.75 Å². The monoisotopic (exact) mass is 446 g/mol. The fourth-order valence-electron chi connectivity index (χ4n) is 3.03. The Kier molecular flexibility index (Phi) is 5.52. The molecule has 0 fully saturated rings. The van der Waals surface area contributed by atoms with Gasteiger partial charge >= 0.3 is 5.69 Å². The number of benzene rings is 1. The Labute approximate surface area is 179 Å². The molecule has 0 aliphatic heterocycles. The van der Waals surface area contributed by atoms with Crippen molar-refractivity contribution in [3.63, 3.8) is 0 Å². The zero-order chi connectivity index (χ0) is 20.5. The van der Waals surface area contributed by atoms with E-state index in [9.17, 15) is 9.59 Å². The van der Waals surface area contributed by atoms with Gasteiger partial charge in [-0.2, -0.15) is 0 Å². The summed E-state index contributed by atoms with van der Waals surface area (Å²) < 4.78 is 7.63. The fraction of sp³-hybridized carbons (Fsp3) is 0.278. The topological polar surface area (TPSA) is 79.6 Å². The first-order chi connectivity index (χ1) is 14.0. The highest BCUT2D eigenvalue weighted by Crippen LogP contribution is 2.24. The Hall–Kier alpha value is -2.50. The molecule has 0 spiro atoms. The van der Waals surface area contributed by atoms with E-state index >= 15 is 0 Å². The molecule has 8 nitrogen and oxygen atoms in total. The van der Waals surface area contributed by atoms with Crippen LogP contribution in [0.25, 0.3) is 16.9 Å². The molecule has 1 aromatic carbocycles. The molecule has 150 valence electrons. The predicted molar refractivity (Wildman–Crippen MR) is 118 cm³/mol. The summed E-state index contributed by atoms with van der Waals surface area (Å²) in [6, 6.07) is 9.76. The van der Waals surface area contributed by atoms with E-state index in [-0.39, 0.29) is 11.2 Å². The summed E-state index contributed by atoms with van der Waals surface area (Å²) in [5.41, 5.74) is 1.10. The van der Waals surface area contributed by atoms with Gasteiger partial charge in [0.05, 0.1) is 12.0 Å². The Morgan fingerprint density at radius 3 is 2.69 bits per heavy atom. The first-order valence-electron chi connectivity index (χ1n) is 8.86. The molecule has 4 rings (SSSR count). The number of hydrogen-bond donors (Lipinski definition) is 0. The summed E-state index contributed by atoms with van der Waals surface area (Å²) >= 11 is 8.44. The molecule has 0 N–H and O–H groups in total. The number of imidazole rings is 1. The van der Waals surface area contributed by atoms with Crippen LogP contribution in [0.15, 0.2) is 50.6 Å². The summed E-state index contributed by atoms with van der Waals surface area (Å²) in [5, 5.41) is 4.57. The molecule has 3 heterocycles. The van der Waals surface area contributed by atoms with Crippen LogP contribution in [0.5, 0.6) is 0 Å². The van der Waals surface area contributed by atoms with E-state index in [4.69, 9.17) is 12.2 Å². The third-order valence-corrected chi connectivity index (χ3v) is 6.93. The van der Waals surface area contributed by atoms with Crippen LogP contribution < -0.4 is 11.2 Å². The van der Waals surface area contributed by atoms with E-state index in [0.29, 0.717) is 28.1 Å². The largest absolute Gasteiger partial charge is 0.332 e. The number of hydrogen-bond acceptors (Lipinski definition) is 7. The van der Waals surface area contributed by atoms with Crippen molar-refractivity contribution < 1.29 is 0 Å². The van der Waals surface area contributed by atoms with Crippen molar-refractivity contribution in [2.24, 2.45) is 14.1 Å². The lowest BCUT2D eigenvalue weighted by Gasteiger charge is -2.08. The zero-order valence-electron chi connectivity index (χ0n) is 15.8. The number of nitrogens with zero attached hydrogens (tertiary/aromatic N) is 6. The van der Waals surface area contributed by atoms with Gasteiger partial charge in [0.15, 0.2) is 19.5 Å². The first-order valence-corrected chi connectivity index (χ1v) is 11.1. The lowest BCUT2D eigenvalue weighted by Crippen LogP contribution is -2.39. The number of thioether (sulfide) groups is 1. The average molecular weight is 447 g/mol. The normalized spacial score (nSPS) is 11.4. The minimum Gasteiger partial charge on any atom is -0.328 e. The molecule has 29 heavy (non-hydrogen) atoms. The first kappa shape index (κ1) is 19.8. The number of aromatic nitrogens is 6. The Morgan fingerprint density at radius 1 is 1.17 bits per heavy atom. The number of fused-ring (bicyclic) bond motifs is 1. The molecule has 4 aromatic rings. The van der Waals surface area contributed by atoms with Crippen LogP contribution >= 0.6 is 35.3 Å². The molecule has 0 amide bonds. The highest BCUT2D eigenvalue weighted by atomic mass is 32.2. The highest BCUT2D eigenvalue weighted by molar-refractivity contribution is 8.01. The van der Waals surface area contributed by atoms with Crippen LogP contribution in [0.3, 0.4) is 0 Å². The van der Waals surface area contributed by atoms with Crippen molar-refractivity contribution in [2.45, 2.75) is 17.3 Å². The molecule has 0 aliphatic carbocycles. The zero-order valence-corrected chi connectivity index (χ0v) is 18.3. The quantitative estimate of drug-likeness (QED) is 0.257. The third kappa shape index (κ3) is 3.72. The van der Waals surface area contributed by atoms with Gasteiger partial charge < -0.3 is 4.57 Å². The molecule has 0 bridgehead atoms. The second-order valence-electron chi connectivity index (χ2n) is 6.41. The second-order valence-corrected chi connectivity index (χ2v) is 9.37. The Morgan fingerprint density at radius 2 is 1.93 bits per heavy atom. The minimum absolute atomic E-state index is 0.308. The molecular weight excluding hydrogens is 428 g/mol. The van der Waals surface area contributed by atoms with Crippen LogP contribution in [-0.4, -0.2) is 34.2 Å². The second kappa shape index (κ2) is 8.09. The van der Waals surface area contributed by atoms with Crippen molar-refractivity contribution >= 4 is 46.5 Å². The van der Waals surface area contributed by atoms with Crippen LogP contribution in [0.2, 0.25) is 0 Å². The van der Waals surface area contributed by atoms with Gasteiger partial charge in [0.25, 0.3) is 5.56 Å². The maximum atomic E-state index is 12.7. The maximum Gasteiger partial charge on any atom is 0.332 e. The maximum absolute atomic E-state index is 12.7. The molecule has 0 radical (unpaired) electrons. The van der Waals surface area contributed by atoms with Crippen LogP contribution in [0, 0.1) is 3.95 Å². The average Bonchev–Trinajstić information content (AvgIpc) is 3.29. The summed E-state index contributed by atoms with van der Waals surface area (Å²) in [4.78, 5) is 29.4. The molecule has 0 aliphatic rings. The van der Waals surface area contributed by atoms with Gasteiger partial charge in [-0.25, -0.2) is 14.5 Å². The fourth-order valence-corrected chi connectivity index (χ4v) is 5.38. The number of para-hydroxylation sites is 1. The summed E-state index contributed by atoms with van der Waals surface area (Å²) in [6.07, 6.45) is 2.20. The van der Waals surface area contributed by atoms with Gasteiger partial charge in [-0.3, -0.25) is 13.9 Å². The SMILES string of the molecule is Cn1cnc2c1c(=O)n(CCCSc1nn(-c3ccccc3)c(=S)s1)c(=O)n2C. The van der Waals surface area contributed by atoms with Crippen molar-refractivity contribution in [1.29, 1.82) is 0 Å². The molecule has 3 aromatic heterocycles. The van der Waals surface area contributed by atoms with Crippen molar-refractivity contribution in [1.82, 2.24) is 28.5 Å². The van der Waals surface area contributed by atoms with E-state index in [2.05, 4.69) is 10.1 Å². The summed E-state index contributed by atoms with van der Waals surface area (Å²) in [5.74, 6) is 0.718. The lowest BCUT2D eigenvalue weighted by atomic mass is 10.3. The summed E-state index contributed by atoms with van der Waals surface area (Å²) in [6.45, 7) is 0.338. The Bertz CT molecular complexity index is 1350. The smallest absolute Gasteiger partial charge is 0.328 e. The van der Waals surface area contributed by atoms with E-state index in [1.165, 1.54) is 20.5 Å². The summed E-state index contributed by atoms with van der Waals surface area (Å²) in [7, 11) is 3.38. The van der Waals surface area contributed by atoms with Gasteiger partial charge in [0.2, 0.25) is 0 Å². The van der Waals surface area contributed by atoms with Crippen molar-refractivity contribution in [3.8, 4) is 5.69 Å². The van der Waals surface area contributed by atoms with E-state index in [1.807, 2.05) is 30.3 Å². The van der Waals surface area contributed by atoms with Crippen molar-refractivity contribution in [3.05, 3.63) is 61.5 Å². The van der Waals surface area contributed by atoms with Gasteiger partial charge in [-0.15, -0.1) is 5.10 Å². The number of aryl methyl sites for hydroxylation is 2. The standard InChI is InChI=1S/C18H18N6O2S3/c1-21-11-19-14-13(21)15(25)23(17(26)22(14)2)9-6-10-28-16-20-24(18(27)29-16)12-7-4-3-5-8-12/h3-5,7-8,11H,6,9-10H2,1-2H3. The van der Waals surface area contributed by atoms with Crippen LogP contribution in [-0.2, 0) is 20.6 Å². The van der Waals surface area contributed by atoms with E-state index in [0.717, 1.165) is 15.8 Å². The predicted octanol–water partition coefficient (Wildman–Crippen LogP) is 2.59. The number of rotatable bonds is 6. The molecule has 0 atom stereocenters. The minimum atomic E-state index is -0.352. The molecular formula is C18H18N6O2S3. The van der Waals surface area contributed by atoms with Gasteiger partial charge in [-0.1, -0.05) is 41.3 Å². The van der Waals surface area contributed by atoms with E-state index < -0.39 is 0 Å².